The number of hydrogen-bond donors (Lipinski definition) is 3. The van der Waals surface area contributed by atoms with E-state index in [0.717, 1.165) is 11.1 Å². The topological polar surface area (TPSA) is 84.2 Å². The van der Waals surface area contributed by atoms with Crippen LogP contribution in [-0.4, -0.2) is 18.4 Å². The van der Waals surface area contributed by atoms with E-state index in [4.69, 9.17) is 5.73 Å². The Morgan fingerprint density at radius 3 is 2.12 bits per heavy atom. The van der Waals surface area contributed by atoms with E-state index in [2.05, 4.69) is 10.6 Å². The highest BCUT2D eigenvalue weighted by molar-refractivity contribution is 5.85. The van der Waals surface area contributed by atoms with E-state index in [1.54, 1.807) is 0 Å². The summed E-state index contributed by atoms with van der Waals surface area (Å²) in [6.07, 6.45) is 0.453. The van der Waals surface area contributed by atoms with Crippen molar-refractivity contribution in [2.75, 3.05) is 6.54 Å². The van der Waals surface area contributed by atoms with Crippen LogP contribution >= 0.6 is 12.4 Å². The molecule has 0 aliphatic rings. The van der Waals surface area contributed by atoms with Crippen molar-refractivity contribution in [2.45, 2.75) is 25.4 Å². The zero-order valence-corrected chi connectivity index (χ0v) is 14.8. The summed E-state index contributed by atoms with van der Waals surface area (Å²) < 4.78 is 0. The highest BCUT2D eigenvalue weighted by atomic mass is 35.5. The molecule has 2 amide bonds. The fraction of sp³-hybridized carbons (Fsp3) is 0.263. The molecule has 0 aromatic heterocycles. The number of carbonyl (C=O) groups excluding carboxylic acids is 2. The molecular weight excluding hydrogens is 338 g/mol. The number of hydrogen-bond acceptors (Lipinski definition) is 3. The van der Waals surface area contributed by atoms with Gasteiger partial charge >= 0.3 is 0 Å². The molecule has 0 saturated heterocycles. The minimum Gasteiger partial charge on any atom is -0.356 e. The molecule has 0 heterocycles. The average molecular weight is 362 g/mol. The Labute approximate surface area is 154 Å². The molecular formula is C19H24ClN3O2. The van der Waals surface area contributed by atoms with Gasteiger partial charge in [0, 0.05) is 32.0 Å². The van der Waals surface area contributed by atoms with Gasteiger partial charge in [0.15, 0.2) is 0 Å². The van der Waals surface area contributed by atoms with Crippen LogP contribution in [0.15, 0.2) is 60.7 Å². The van der Waals surface area contributed by atoms with Gasteiger partial charge in [-0.3, -0.25) is 9.59 Å². The molecule has 0 saturated carbocycles. The first-order valence-corrected chi connectivity index (χ1v) is 8.03. The van der Waals surface area contributed by atoms with Crippen LogP contribution in [0.2, 0.25) is 0 Å². The van der Waals surface area contributed by atoms with Crippen molar-refractivity contribution in [1.82, 2.24) is 10.6 Å². The third-order valence-electron chi connectivity index (χ3n) is 3.64. The summed E-state index contributed by atoms with van der Waals surface area (Å²) in [7, 11) is 0. The Morgan fingerprint density at radius 2 is 1.48 bits per heavy atom. The smallest absolute Gasteiger partial charge is 0.222 e. The fourth-order valence-corrected chi connectivity index (χ4v) is 2.29. The van der Waals surface area contributed by atoms with Crippen molar-refractivity contribution in [3.8, 4) is 0 Å². The quantitative estimate of drug-likeness (QED) is 0.674. The molecule has 6 heteroatoms. The Hall–Kier alpha value is -2.37. The van der Waals surface area contributed by atoms with Crippen LogP contribution in [-0.2, 0) is 16.1 Å². The number of halogens is 1. The Bertz CT molecular complexity index is 650. The predicted molar refractivity (Wildman–Crippen MR) is 101 cm³/mol. The lowest BCUT2D eigenvalue weighted by molar-refractivity contribution is -0.122. The van der Waals surface area contributed by atoms with Crippen LogP contribution in [0.3, 0.4) is 0 Å². The number of nitrogens with two attached hydrogens (primary N) is 1. The number of carbonyl (C=O) groups is 2. The zero-order valence-electron chi connectivity index (χ0n) is 14.0. The van der Waals surface area contributed by atoms with E-state index in [9.17, 15) is 9.59 Å². The van der Waals surface area contributed by atoms with Crippen LogP contribution < -0.4 is 16.4 Å². The van der Waals surface area contributed by atoms with Crippen molar-refractivity contribution in [2.24, 2.45) is 5.73 Å². The Morgan fingerprint density at radius 1 is 0.880 bits per heavy atom. The van der Waals surface area contributed by atoms with E-state index in [0.29, 0.717) is 13.1 Å². The summed E-state index contributed by atoms with van der Waals surface area (Å²) in [6, 6.07) is 18.8. The first kappa shape index (κ1) is 20.7. The lowest BCUT2D eigenvalue weighted by atomic mass is 10.0. The summed E-state index contributed by atoms with van der Waals surface area (Å²) in [5.74, 6) is -0.242. The third-order valence-corrected chi connectivity index (χ3v) is 3.64. The van der Waals surface area contributed by atoms with E-state index >= 15 is 0 Å². The van der Waals surface area contributed by atoms with Gasteiger partial charge in [0.05, 0.1) is 0 Å². The molecule has 5 nitrogen and oxygen atoms in total. The van der Waals surface area contributed by atoms with Crippen molar-refractivity contribution in [1.29, 1.82) is 0 Å². The lowest BCUT2D eigenvalue weighted by Crippen LogP contribution is -2.32. The number of rotatable bonds is 8. The largest absolute Gasteiger partial charge is 0.356 e. The van der Waals surface area contributed by atoms with Crippen LogP contribution in [0.1, 0.15) is 30.0 Å². The van der Waals surface area contributed by atoms with Crippen LogP contribution in [0.5, 0.6) is 0 Å². The maximum atomic E-state index is 11.9. The second kappa shape index (κ2) is 11.2. The molecule has 2 rings (SSSR count). The van der Waals surface area contributed by atoms with Crippen molar-refractivity contribution < 1.29 is 9.59 Å². The van der Waals surface area contributed by atoms with Crippen molar-refractivity contribution in [3.63, 3.8) is 0 Å². The normalized spacial score (nSPS) is 11.1. The van der Waals surface area contributed by atoms with E-state index in [1.165, 1.54) is 0 Å². The summed E-state index contributed by atoms with van der Waals surface area (Å²) in [5, 5.41) is 5.56. The highest BCUT2D eigenvalue weighted by Gasteiger charge is 2.11. The molecule has 25 heavy (non-hydrogen) atoms. The van der Waals surface area contributed by atoms with Gasteiger partial charge in [-0.2, -0.15) is 0 Å². The predicted octanol–water partition coefficient (Wildman–Crippen LogP) is 2.32. The maximum absolute atomic E-state index is 11.9. The van der Waals surface area contributed by atoms with Crippen molar-refractivity contribution in [3.05, 3.63) is 71.8 Å². The highest BCUT2D eigenvalue weighted by Crippen LogP contribution is 2.12. The second-order valence-electron chi connectivity index (χ2n) is 5.58. The fourth-order valence-electron chi connectivity index (χ4n) is 2.29. The van der Waals surface area contributed by atoms with Gasteiger partial charge in [-0.1, -0.05) is 60.7 Å². The van der Waals surface area contributed by atoms with E-state index in [-0.39, 0.29) is 43.1 Å². The van der Waals surface area contributed by atoms with E-state index in [1.807, 2.05) is 60.7 Å². The monoisotopic (exact) mass is 361 g/mol. The van der Waals surface area contributed by atoms with Crippen LogP contribution in [0.4, 0.5) is 0 Å². The molecule has 4 N–H and O–H groups in total. The maximum Gasteiger partial charge on any atom is 0.222 e. The van der Waals surface area contributed by atoms with Gasteiger partial charge in [0.2, 0.25) is 11.8 Å². The SMILES string of the molecule is Cl.NC(CC(=O)NCCC(=O)NCc1ccccc1)c1ccccc1. The standard InChI is InChI=1S/C19H23N3O2.ClH/c20-17(16-9-5-2-6-10-16)13-19(24)21-12-11-18(23)22-14-15-7-3-1-4-8-15;/h1-10,17H,11-14,20H2,(H,21,24)(H,22,23);1H. The minimum atomic E-state index is -0.335. The molecule has 0 radical (unpaired) electrons. The van der Waals surface area contributed by atoms with Gasteiger partial charge in [-0.15, -0.1) is 12.4 Å². The Kier molecular flexibility index (Phi) is 9.29. The minimum absolute atomic E-state index is 0. The molecule has 2 aromatic carbocycles. The molecule has 1 unspecified atom stereocenters. The van der Waals surface area contributed by atoms with E-state index < -0.39 is 0 Å². The molecule has 0 bridgehead atoms. The summed E-state index contributed by atoms with van der Waals surface area (Å²) in [4.78, 5) is 23.6. The summed E-state index contributed by atoms with van der Waals surface area (Å²) in [6.45, 7) is 0.799. The van der Waals surface area contributed by atoms with Crippen LogP contribution in [0.25, 0.3) is 0 Å². The van der Waals surface area contributed by atoms with Gasteiger partial charge in [-0.05, 0) is 11.1 Å². The first-order valence-electron chi connectivity index (χ1n) is 8.03. The first-order chi connectivity index (χ1) is 11.6. The molecule has 0 spiro atoms. The van der Waals surface area contributed by atoms with Crippen LogP contribution in [0, 0.1) is 0 Å². The Balaban J connectivity index is 0.00000312. The number of amides is 2. The molecule has 2 aromatic rings. The van der Waals surface area contributed by atoms with Gasteiger partial charge < -0.3 is 16.4 Å². The lowest BCUT2D eigenvalue weighted by Gasteiger charge is -2.12. The van der Waals surface area contributed by atoms with Gasteiger partial charge in [-0.25, -0.2) is 0 Å². The molecule has 0 aliphatic carbocycles. The second-order valence-corrected chi connectivity index (χ2v) is 5.58. The third kappa shape index (κ3) is 7.83. The number of benzene rings is 2. The zero-order chi connectivity index (χ0) is 17.2. The molecule has 0 fully saturated rings. The summed E-state index contributed by atoms with van der Waals surface area (Å²) >= 11 is 0. The molecule has 0 aliphatic heterocycles. The van der Waals surface area contributed by atoms with Crippen molar-refractivity contribution >= 4 is 24.2 Å². The summed E-state index contributed by atoms with van der Waals surface area (Å²) in [5.41, 5.74) is 7.97. The molecule has 134 valence electrons. The molecule has 1 atom stereocenters. The van der Waals surface area contributed by atoms with Gasteiger partial charge in [0.1, 0.15) is 0 Å². The number of nitrogens with one attached hydrogen (secondary N) is 2. The van der Waals surface area contributed by atoms with Gasteiger partial charge in [0.25, 0.3) is 0 Å². The average Bonchev–Trinajstić information content (AvgIpc) is 2.61.